The highest BCUT2D eigenvalue weighted by Gasteiger charge is 2.13. The number of hydrogen-bond donors (Lipinski definition) is 1. The summed E-state index contributed by atoms with van der Waals surface area (Å²) in [6, 6.07) is 14.6. The third-order valence-corrected chi connectivity index (χ3v) is 4.22. The minimum Gasteiger partial charge on any atom is -0.304 e. The van der Waals surface area contributed by atoms with Gasteiger partial charge < -0.3 is 4.98 Å². The number of aromatic nitrogens is 4. The predicted octanol–water partition coefficient (Wildman–Crippen LogP) is 2.87. The highest BCUT2D eigenvalue weighted by atomic mass is 79.9. The maximum Gasteiger partial charge on any atom is 0.348 e. The van der Waals surface area contributed by atoms with E-state index in [4.69, 9.17) is 5.26 Å². The Morgan fingerprint density at radius 1 is 1.17 bits per heavy atom. The topological polar surface area (TPSA) is 86.8 Å². The lowest BCUT2D eigenvalue weighted by Gasteiger charge is -2.00. The molecule has 4 rings (SSSR count). The molecule has 23 heavy (non-hydrogen) atoms. The molecule has 0 aliphatic carbocycles. The van der Waals surface area contributed by atoms with Gasteiger partial charge in [0.05, 0.1) is 17.1 Å². The summed E-state index contributed by atoms with van der Waals surface area (Å²) in [6.45, 7) is 0. The molecule has 0 saturated heterocycles. The van der Waals surface area contributed by atoms with Crippen molar-refractivity contribution in [3.8, 4) is 17.5 Å². The van der Waals surface area contributed by atoms with Crippen LogP contribution in [0.3, 0.4) is 0 Å². The molecule has 0 aliphatic rings. The summed E-state index contributed by atoms with van der Waals surface area (Å²) < 4.78 is 2.04. The van der Waals surface area contributed by atoms with Crippen LogP contribution >= 0.6 is 15.9 Å². The standard InChI is InChI=1S/C16H8BrN5O/c17-12-3-1-2-11-13(12)19-16(23)22-15(11)20-14(21-22)10-6-4-9(8-18)5-7-10/h1-7H,(H,19,23). The van der Waals surface area contributed by atoms with E-state index in [-0.39, 0.29) is 5.69 Å². The number of rotatable bonds is 1. The number of nitriles is 1. The van der Waals surface area contributed by atoms with Crippen LogP contribution in [0.2, 0.25) is 0 Å². The average Bonchev–Trinajstić information content (AvgIpc) is 3.02. The van der Waals surface area contributed by atoms with Crippen LogP contribution in [-0.2, 0) is 0 Å². The highest BCUT2D eigenvalue weighted by Crippen LogP contribution is 2.24. The third-order valence-electron chi connectivity index (χ3n) is 3.56. The Morgan fingerprint density at radius 2 is 1.96 bits per heavy atom. The molecule has 0 fully saturated rings. The normalized spacial score (nSPS) is 11.0. The summed E-state index contributed by atoms with van der Waals surface area (Å²) in [5, 5.41) is 13.9. The van der Waals surface area contributed by atoms with Crippen LogP contribution in [0.1, 0.15) is 5.56 Å². The minimum absolute atomic E-state index is 0.355. The molecule has 2 aromatic carbocycles. The Balaban J connectivity index is 2.02. The van der Waals surface area contributed by atoms with E-state index in [2.05, 4.69) is 37.1 Å². The zero-order chi connectivity index (χ0) is 16.0. The Bertz CT molecular complexity index is 1150. The van der Waals surface area contributed by atoms with Gasteiger partial charge in [0.1, 0.15) is 0 Å². The van der Waals surface area contributed by atoms with Crippen molar-refractivity contribution < 1.29 is 0 Å². The summed E-state index contributed by atoms with van der Waals surface area (Å²) >= 11 is 3.43. The van der Waals surface area contributed by atoms with Crippen LogP contribution in [0.25, 0.3) is 27.9 Å². The van der Waals surface area contributed by atoms with Crippen molar-refractivity contribution in [2.24, 2.45) is 0 Å². The van der Waals surface area contributed by atoms with Crippen molar-refractivity contribution in [2.75, 3.05) is 0 Å². The molecule has 0 unspecified atom stereocenters. The van der Waals surface area contributed by atoms with Crippen molar-refractivity contribution in [3.05, 3.63) is 63.0 Å². The molecule has 4 aromatic rings. The molecule has 0 aliphatic heterocycles. The Hall–Kier alpha value is -2.98. The molecule has 6 nitrogen and oxygen atoms in total. The molecule has 0 saturated carbocycles. The second-order valence-electron chi connectivity index (χ2n) is 4.95. The SMILES string of the molecule is N#Cc1ccc(-c2nc3c4cccc(Br)c4[nH]c(=O)n3n2)cc1. The second kappa shape index (κ2) is 5.04. The number of nitrogens with one attached hydrogen (secondary N) is 1. The molecule has 0 bridgehead atoms. The first-order chi connectivity index (χ1) is 11.2. The number of para-hydroxylation sites is 1. The van der Waals surface area contributed by atoms with Gasteiger partial charge in [0.2, 0.25) is 0 Å². The van der Waals surface area contributed by atoms with Gasteiger partial charge >= 0.3 is 5.69 Å². The molecule has 0 amide bonds. The number of nitrogens with zero attached hydrogens (tertiary/aromatic N) is 4. The molecule has 1 N–H and O–H groups in total. The van der Waals surface area contributed by atoms with Crippen LogP contribution in [0.5, 0.6) is 0 Å². The fraction of sp³-hybridized carbons (Fsp3) is 0. The van der Waals surface area contributed by atoms with Crippen molar-refractivity contribution in [3.63, 3.8) is 0 Å². The van der Waals surface area contributed by atoms with Crippen LogP contribution in [0.4, 0.5) is 0 Å². The number of fused-ring (bicyclic) bond motifs is 3. The lowest BCUT2D eigenvalue weighted by atomic mass is 10.1. The van der Waals surface area contributed by atoms with E-state index in [1.54, 1.807) is 24.3 Å². The van der Waals surface area contributed by atoms with Crippen LogP contribution in [0.15, 0.2) is 51.7 Å². The maximum absolute atomic E-state index is 12.2. The summed E-state index contributed by atoms with van der Waals surface area (Å²) in [6.07, 6.45) is 0. The van der Waals surface area contributed by atoms with Gasteiger partial charge in [-0.25, -0.2) is 9.78 Å². The fourth-order valence-corrected chi connectivity index (χ4v) is 2.91. The summed E-state index contributed by atoms with van der Waals surface area (Å²) in [5.41, 5.74) is 2.12. The van der Waals surface area contributed by atoms with Crippen LogP contribution in [0, 0.1) is 11.3 Å². The van der Waals surface area contributed by atoms with E-state index in [0.29, 0.717) is 22.6 Å². The number of hydrogen-bond acceptors (Lipinski definition) is 4. The van der Waals surface area contributed by atoms with Gasteiger partial charge in [-0.3, -0.25) is 0 Å². The first-order valence-corrected chi connectivity index (χ1v) is 7.54. The van der Waals surface area contributed by atoms with Crippen molar-refractivity contribution in [2.45, 2.75) is 0 Å². The summed E-state index contributed by atoms with van der Waals surface area (Å²) in [4.78, 5) is 19.5. The fourth-order valence-electron chi connectivity index (χ4n) is 2.44. The summed E-state index contributed by atoms with van der Waals surface area (Å²) in [5.74, 6) is 0.437. The number of aromatic amines is 1. The zero-order valence-corrected chi connectivity index (χ0v) is 13.2. The van der Waals surface area contributed by atoms with Gasteiger partial charge in [0.25, 0.3) is 0 Å². The molecule has 7 heteroatoms. The summed E-state index contributed by atoms with van der Waals surface area (Å²) in [7, 11) is 0. The van der Waals surface area contributed by atoms with E-state index in [0.717, 1.165) is 15.4 Å². The molecule has 0 radical (unpaired) electrons. The minimum atomic E-state index is -0.355. The Morgan fingerprint density at radius 3 is 2.70 bits per heavy atom. The first-order valence-electron chi connectivity index (χ1n) is 6.75. The van der Waals surface area contributed by atoms with E-state index < -0.39 is 0 Å². The van der Waals surface area contributed by atoms with Crippen molar-refractivity contribution in [1.82, 2.24) is 19.6 Å². The van der Waals surface area contributed by atoms with Crippen molar-refractivity contribution >= 4 is 32.5 Å². The quantitative estimate of drug-likeness (QED) is 0.561. The molecular weight excluding hydrogens is 358 g/mol. The van der Waals surface area contributed by atoms with Gasteiger partial charge in [0.15, 0.2) is 11.5 Å². The second-order valence-corrected chi connectivity index (χ2v) is 5.81. The smallest absolute Gasteiger partial charge is 0.304 e. The van der Waals surface area contributed by atoms with Gasteiger partial charge in [-0.05, 0) is 52.3 Å². The first kappa shape index (κ1) is 13.7. The van der Waals surface area contributed by atoms with E-state index in [1.807, 2.05) is 18.2 Å². The third kappa shape index (κ3) is 2.12. The van der Waals surface area contributed by atoms with E-state index in [1.165, 1.54) is 4.52 Å². The number of halogens is 1. The Kier molecular flexibility index (Phi) is 2.99. The molecular formula is C16H8BrN5O. The maximum atomic E-state index is 12.2. The van der Waals surface area contributed by atoms with Gasteiger partial charge in [-0.1, -0.05) is 6.07 Å². The van der Waals surface area contributed by atoms with Gasteiger partial charge in [-0.2, -0.15) is 9.78 Å². The Labute approximate surface area is 138 Å². The van der Waals surface area contributed by atoms with Gasteiger partial charge in [-0.15, -0.1) is 5.10 Å². The van der Waals surface area contributed by atoms with Gasteiger partial charge in [0, 0.05) is 15.4 Å². The molecule has 2 aromatic heterocycles. The van der Waals surface area contributed by atoms with E-state index >= 15 is 0 Å². The average molecular weight is 366 g/mol. The lowest BCUT2D eigenvalue weighted by Crippen LogP contribution is -2.17. The van der Waals surface area contributed by atoms with Crippen LogP contribution in [-0.4, -0.2) is 19.6 Å². The number of H-pyrrole nitrogens is 1. The largest absolute Gasteiger partial charge is 0.348 e. The van der Waals surface area contributed by atoms with Crippen LogP contribution < -0.4 is 5.69 Å². The predicted molar refractivity (Wildman–Crippen MR) is 89.0 cm³/mol. The zero-order valence-electron chi connectivity index (χ0n) is 11.6. The van der Waals surface area contributed by atoms with E-state index in [9.17, 15) is 4.79 Å². The van der Waals surface area contributed by atoms with Crippen molar-refractivity contribution in [1.29, 1.82) is 5.26 Å². The molecule has 0 spiro atoms. The monoisotopic (exact) mass is 365 g/mol. The molecule has 2 heterocycles. The molecule has 110 valence electrons. The number of benzene rings is 2. The molecule has 0 atom stereocenters. The lowest BCUT2D eigenvalue weighted by molar-refractivity contribution is 0.884. The highest BCUT2D eigenvalue weighted by molar-refractivity contribution is 9.10.